The highest BCUT2D eigenvalue weighted by molar-refractivity contribution is 5.48. The highest BCUT2D eigenvalue weighted by atomic mass is 19.3. The minimum absolute atomic E-state index is 0.317. The summed E-state index contributed by atoms with van der Waals surface area (Å²) in [6, 6.07) is -0.317. The van der Waals surface area contributed by atoms with Crippen LogP contribution in [0.3, 0.4) is 0 Å². The molecule has 0 unspecified atom stereocenters. The fourth-order valence-corrected chi connectivity index (χ4v) is 0.735. The predicted molar refractivity (Wildman–Crippen MR) is 26.7 cm³/mol. The summed E-state index contributed by atoms with van der Waals surface area (Å²) in [4.78, 5) is 9.54. The Morgan fingerprint density at radius 1 is 1.67 bits per heavy atom. The molecule has 1 saturated carbocycles. The van der Waals surface area contributed by atoms with Crippen molar-refractivity contribution < 1.29 is 13.6 Å². The minimum Gasteiger partial charge on any atom is -0.345 e. The first-order chi connectivity index (χ1) is 4.25. The maximum Gasteiger partial charge on any atom is 0.309 e. The van der Waals surface area contributed by atoms with Gasteiger partial charge in [-0.3, -0.25) is 4.79 Å². The van der Waals surface area contributed by atoms with Crippen molar-refractivity contribution in [3.63, 3.8) is 0 Å². The summed E-state index contributed by atoms with van der Waals surface area (Å²) in [5.74, 6) is -0.619. The van der Waals surface area contributed by atoms with Gasteiger partial charge in [0, 0.05) is 12.0 Å². The Hall–Kier alpha value is -0.670. The van der Waals surface area contributed by atoms with E-state index in [9.17, 15) is 13.6 Å². The minimum atomic E-state index is -2.30. The lowest BCUT2D eigenvalue weighted by atomic mass is 10.4. The molecular formula is C5H6F2NO. The first-order valence-corrected chi connectivity index (χ1v) is 2.66. The quantitative estimate of drug-likeness (QED) is 0.552. The summed E-state index contributed by atoms with van der Waals surface area (Å²) >= 11 is 0. The number of nitrogens with one attached hydrogen (secondary N) is 1. The molecule has 1 aliphatic carbocycles. The standard InChI is InChI=1S/C5H6F2NO/c6-5(7)3-1-4(3)8-2-9/h3-5H,1H2,(H,8,9)/t3-,4-/m0/s1. The van der Waals surface area contributed by atoms with Gasteiger partial charge in [-0.25, -0.2) is 8.78 Å². The molecular weight excluding hydrogens is 128 g/mol. The van der Waals surface area contributed by atoms with E-state index in [1.54, 1.807) is 0 Å². The van der Waals surface area contributed by atoms with Gasteiger partial charge >= 0.3 is 6.41 Å². The number of amides is 1. The predicted octanol–water partition coefficient (Wildman–Crippen LogP) is 0.297. The lowest BCUT2D eigenvalue weighted by Crippen LogP contribution is -2.17. The second-order valence-corrected chi connectivity index (χ2v) is 2.09. The normalized spacial score (nSPS) is 32.3. The molecule has 0 bridgehead atoms. The Morgan fingerprint density at radius 3 is 2.67 bits per heavy atom. The van der Waals surface area contributed by atoms with Crippen molar-refractivity contribution in [3.8, 4) is 0 Å². The zero-order valence-electron chi connectivity index (χ0n) is 4.60. The molecule has 0 aromatic heterocycles. The number of carbonyl (C=O) groups excluding carboxylic acids is 1. The Balaban J connectivity index is 2.16. The molecule has 1 aliphatic rings. The molecule has 1 amide bonds. The molecule has 0 aromatic rings. The van der Waals surface area contributed by atoms with E-state index in [1.807, 2.05) is 0 Å². The van der Waals surface area contributed by atoms with E-state index in [-0.39, 0.29) is 6.04 Å². The van der Waals surface area contributed by atoms with Crippen molar-refractivity contribution in [2.45, 2.75) is 18.9 Å². The van der Waals surface area contributed by atoms with E-state index in [2.05, 4.69) is 5.32 Å². The first-order valence-electron chi connectivity index (χ1n) is 2.66. The Bertz CT molecular complexity index is 118. The molecule has 51 valence electrons. The SMILES string of the molecule is O=[C]N[C@H]1C[C@@H]1C(F)F. The highest BCUT2D eigenvalue weighted by Gasteiger charge is 2.43. The molecule has 1 fully saturated rings. The molecule has 0 aliphatic heterocycles. The smallest absolute Gasteiger partial charge is 0.309 e. The van der Waals surface area contributed by atoms with Gasteiger partial charge in [0.05, 0.1) is 0 Å². The van der Waals surface area contributed by atoms with Gasteiger partial charge in [0.1, 0.15) is 0 Å². The Morgan fingerprint density at radius 2 is 2.33 bits per heavy atom. The van der Waals surface area contributed by atoms with Crippen molar-refractivity contribution >= 4 is 6.41 Å². The Labute approximate surface area is 51.2 Å². The third-order valence-electron chi connectivity index (χ3n) is 1.41. The summed E-state index contributed by atoms with van der Waals surface area (Å²) in [6.07, 6.45) is -0.519. The zero-order valence-corrected chi connectivity index (χ0v) is 4.60. The second kappa shape index (κ2) is 2.29. The van der Waals surface area contributed by atoms with Gasteiger partial charge in [-0.15, -0.1) is 0 Å². The van der Waals surface area contributed by atoms with Crippen molar-refractivity contribution in [3.05, 3.63) is 0 Å². The van der Waals surface area contributed by atoms with Crippen LogP contribution in [-0.4, -0.2) is 18.9 Å². The molecule has 4 heteroatoms. The number of halogens is 2. The third kappa shape index (κ3) is 1.37. The molecule has 0 heterocycles. The van der Waals surface area contributed by atoms with Gasteiger partial charge in [0.25, 0.3) is 0 Å². The van der Waals surface area contributed by atoms with Crippen LogP contribution < -0.4 is 5.32 Å². The van der Waals surface area contributed by atoms with E-state index >= 15 is 0 Å². The summed E-state index contributed by atoms with van der Waals surface area (Å²) in [5, 5.41) is 2.17. The van der Waals surface area contributed by atoms with E-state index in [0.29, 0.717) is 6.42 Å². The van der Waals surface area contributed by atoms with Crippen molar-refractivity contribution in [2.24, 2.45) is 5.92 Å². The lowest BCUT2D eigenvalue weighted by Gasteiger charge is -1.93. The van der Waals surface area contributed by atoms with Crippen molar-refractivity contribution in [1.29, 1.82) is 0 Å². The van der Waals surface area contributed by atoms with Crippen LogP contribution in [0.4, 0.5) is 8.78 Å². The summed E-state index contributed by atoms with van der Waals surface area (Å²) in [7, 11) is 0. The molecule has 0 saturated heterocycles. The van der Waals surface area contributed by atoms with Crippen LogP contribution in [0.5, 0.6) is 0 Å². The van der Waals surface area contributed by atoms with Crippen LogP contribution in [0.2, 0.25) is 0 Å². The van der Waals surface area contributed by atoms with Crippen LogP contribution in [-0.2, 0) is 4.79 Å². The number of rotatable bonds is 3. The molecule has 1 N–H and O–H groups in total. The molecule has 9 heavy (non-hydrogen) atoms. The van der Waals surface area contributed by atoms with E-state index in [1.165, 1.54) is 6.41 Å². The van der Waals surface area contributed by atoms with Gasteiger partial charge < -0.3 is 5.32 Å². The molecule has 1 rings (SSSR count). The molecule has 1 radical (unpaired) electrons. The maximum atomic E-state index is 11.6. The first kappa shape index (κ1) is 6.45. The lowest BCUT2D eigenvalue weighted by molar-refractivity contribution is 0.119. The molecule has 0 aromatic carbocycles. The molecule has 2 atom stereocenters. The van der Waals surface area contributed by atoms with Gasteiger partial charge in [-0.2, -0.15) is 0 Å². The van der Waals surface area contributed by atoms with E-state index < -0.39 is 12.3 Å². The van der Waals surface area contributed by atoms with Crippen LogP contribution in [0.1, 0.15) is 6.42 Å². The summed E-state index contributed by atoms with van der Waals surface area (Å²) in [5.41, 5.74) is 0. The van der Waals surface area contributed by atoms with Gasteiger partial charge in [-0.05, 0) is 6.42 Å². The van der Waals surface area contributed by atoms with Crippen LogP contribution in [0.25, 0.3) is 0 Å². The summed E-state index contributed by atoms with van der Waals surface area (Å²) < 4.78 is 23.2. The van der Waals surface area contributed by atoms with Crippen LogP contribution in [0.15, 0.2) is 0 Å². The Kier molecular flexibility index (Phi) is 1.64. The van der Waals surface area contributed by atoms with Crippen molar-refractivity contribution in [1.82, 2.24) is 5.32 Å². The fourth-order valence-electron chi connectivity index (χ4n) is 0.735. The maximum absolute atomic E-state index is 11.6. The van der Waals surface area contributed by atoms with Crippen LogP contribution in [0, 0.1) is 5.92 Å². The largest absolute Gasteiger partial charge is 0.345 e. The van der Waals surface area contributed by atoms with Gasteiger partial charge in [0.2, 0.25) is 6.43 Å². The monoisotopic (exact) mass is 134 g/mol. The van der Waals surface area contributed by atoms with E-state index in [4.69, 9.17) is 0 Å². The van der Waals surface area contributed by atoms with Crippen LogP contribution >= 0.6 is 0 Å². The zero-order chi connectivity index (χ0) is 6.85. The average Bonchev–Trinajstić information content (AvgIpc) is 2.47. The number of hydrogen-bond acceptors (Lipinski definition) is 1. The number of alkyl halides is 2. The van der Waals surface area contributed by atoms with Gasteiger partial charge in [0.15, 0.2) is 0 Å². The highest BCUT2D eigenvalue weighted by Crippen LogP contribution is 2.35. The summed E-state index contributed by atoms with van der Waals surface area (Å²) in [6.45, 7) is 0. The average molecular weight is 134 g/mol. The van der Waals surface area contributed by atoms with Crippen molar-refractivity contribution in [2.75, 3.05) is 0 Å². The second-order valence-electron chi connectivity index (χ2n) is 2.09. The van der Waals surface area contributed by atoms with E-state index in [0.717, 1.165) is 0 Å². The number of hydrogen-bond donors (Lipinski definition) is 1. The fraction of sp³-hybridized carbons (Fsp3) is 0.800. The molecule has 0 spiro atoms. The molecule has 2 nitrogen and oxygen atoms in total. The third-order valence-corrected chi connectivity index (χ3v) is 1.41. The topological polar surface area (TPSA) is 29.1 Å². The van der Waals surface area contributed by atoms with Gasteiger partial charge in [-0.1, -0.05) is 0 Å².